The van der Waals surface area contributed by atoms with Crippen LogP contribution in [0.3, 0.4) is 0 Å². The Bertz CT molecular complexity index is 505. The van der Waals surface area contributed by atoms with E-state index in [0.717, 1.165) is 18.5 Å². The number of nitrogens with one attached hydrogen (secondary N) is 1. The highest BCUT2D eigenvalue weighted by Crippen LogP contribution is 2.11. The van der Waals surface area contributed by atoms with Gasteiger partial charge < -0.3 is 5.32 Å². The third kappa shape index (κ3) is 4.82. The Labute approximate surface area is 120 Å². The van der Waals surface area contributed by atoms with Gasteiger partial charge in [-0.1, -0.05) is 12.1 Å². The fraction of sp³-hybridized carbons (Fsp3) is 0.538. The maximum atomic E-state index is 12.8. The molecule has 0 unspecified atom stereocenters. The Morgan fingerprint density at radius 2 is 1.75 bits per heavy atom. The first kappa shape index (κ1) is 17.0. The molecule has 0 aliphatic rings. The van der Waals surface area contributed by atoms with Crippen molar-refractivity contribution in [2.75, 3.05) is 34.2 Å². The van der Waals surface area contributed by atoms with Crippen LogP contribution >= 0.6 is 0 Å². The number of hydrogen-bond donors (Lipinski definition) is 1. The Hall–Kier alpha value is -1.02. The van der Waals surface area contributed by atoms with Crippen LogP contribution in [0.15, 0.2) is 24.3 Å². The van der Waals surface area contributed by atoms with E-state index in [9.17, 15) is 12.8 Å². The quantitative estimate of drug-likeness (QED) is 0.730. The Kier molecular flexibility index (Phi) is 6.54. The third-order valence-corrected chi connectivity index (χ3v) is 4.89. The second-order valence-electron chi connectivity index (χ2n) is 4.67. The zero-order valence-electron chi connectivity index (χ0n) is 12.1. The summed E-state index contributed by atoms with van der Waals surface area (Å²) in [6, 6.07) is 5.82. The molecule has 1 aromatic carbocycles. The van der Waals surface area contributed by atoms with Crippen molar-refractivity contribution < 1.29 is 12.8 Å². The van der Waals surface area contributed by atoms with Gasteiger partial charge >= 0.3 is 0 Å². The van der Waals surface area contributed by atoms with Crippen LogP contribution in [0.2, 0.25) is 0 Å². The van der Waals surface area contributed by atoms with Crippen LogP contribution in [-0.4, -0.2) is 51.3 Å². The highest BCUT2D eigenvalue weighted by molar-refractivity contribution is 7.86. The largest absolute Gasteiger partial charge is 0.320 e. The molecule has 0 bridgehead atoms. The fourth-order valence-corrected chi connectivity index (χ4v) is 2.91. The molecule has 0 radical (unpaired) electrons. The Morgan fingerprint density at radius 1 is 1.15 bits per heavy atom. The zero-order valence-corrected chi connectivity index (χ0v) is 13.0. The lowest BCUT2D eigenvalue weighted by Crippen LogP contribution is -2.40. The van der Waals surface area contributed by atoms with Gasteiger partial charge in [-0.3, -0.25) is 0 Å². The molecule has 0 aromatic heterocycles. The summed E-state index contributed by atoms with van der Waals surface area (Å²) in [6.45, 7) is 1.44. The normalized spacial score (nSPS) is 12.3. The van der Waals surface area contributed by atoms with E-state index in [1.165, 1.54) is 27.8 Å². The number of nitrogens with zero attached hydrogens (tertiary/aromatic N) is 2. The Balaban J connectivity index is 2.64. The maximum absolute atomic E-state index is 12.8. The van der Waals surface area contributed by atoms with Gasteiger partial charge in [0.25, 0.3) is 10.2 Å². The monoisotopic (exact) mass is 303 g/mol. The first-order valence-corrected chi connectivity index (χ1v) is 7.84. The van der Waals surface area contributed by atoms with E-state index in [-0.39, 0.29) is 12.4 Å². The van der Waals surface area contributed by atoms with E-state index in [2.05, 4.69) is 5.32 Å². The van der Waals surface area contributed by atoms with Gasteiger partial charge in [0.15, 0.2) is 0 Å². The van der Waals surface area contributed by atoms with Gasteiger partial charge in [-0.05, 0) is 37.7 Å². The minimum absolute atomic E-state index is 0.221. The molecular weight excluding hydrogens is 281 g/mol. The van der Waals surface area contributed by atoms with Crippen LogP contribution in [0.25, 0.3) is 0 Å². The summed E-state index contributed by atoms with van der Waals surface area (Å²) in [5, 5.41) is 2.98. The molecule has 0 atom stereocenters. The summed E-state index contributed by atoms with van der Waals surface area (Å²) in [6.07, 6.45) is 0.747. The Morgan fingerprint density at radius 3 is 2.30 bits per heavy atom. The molecular formula is C13H22FN3O2S. The molecule has 0 aliphatic carbocycles. The molecule has 0 aliphatic heterocycles. The smallest absolute Gasteiger partial charge is 0.281 e. The summed E-state index contributed by atoms with van der Waals surface area (Å²) < 4.78 is 39.9. The average Bonchev–Trinajstić information content (AvgIpc) is 2.41. The van der Waals surface area contributed by atoms with Gasteiger partial charge in [-0.25, -0.2) is 4.39 Å². The topological polar surface area (TPSA) is 52.7 Å². The second kappa shape index (κ2) is 7.68. The molecule has 1 aromatic rings. The van der Waals surface area contributed by atoms with Crippen molar-refractivity contribution in [2.45, 2.75) is 13.0 Å². The molecule has 20 heavy (non-hydrogen) atoms. The number of benzene rings is 1. The molecule has 0 spiro atoms. The molecule has 0 saturated carbocycles. The van der Waals surface area contributed by atoms with Gasteiger partial charge in [0.2, 0.25) is 0 Å². The van der Waals surface area contributed by atoms with Crippen LogP contribution in [0, 0.1) is 5.82 Å². The SMILES string of the molecule is CNCCCN(C)S(=O)(=O)N(C)Cc1ccc(F)cc1. The van der Waals surface area contributed by atoms with Gasteiger partial charge in [-0.15, -0.1) is 0 Å². The van der Waals surface area contributed by atoms with Gasteiger partial charge in [0, 0.05) is 27.2 Å². The molecule has 0 heterocycles. The summed E-state index contributed by atoms with van der Waals surface area (Å²) in [4.78, 5) is 0. The molecule has 5 nitrogen and oxygen atoms in total. The third-order valence-electron chi connectivity index (χ3n) is 3.01. The van der Waals surface area contributed by atoms with E-state index in [1.807, 2.05) is 7.05 Å². The lowest BCUT2D eigenvalue weighted by atomic mass is 10.2. The summed E-state index contributed by atoms with van der Waals surface area (Å²) in [5.74, 6) is -0.330. The zero-order chi connectivity index (χ0) is 15.2. The fourth-order valence-electron chi connectivity index (χ4n) is 1.76. The van der Waals surface area contributed by atoms with E-state index < -0.39 is 10.2 Å². The van der Waals surface area contributed by atoms with E-state index >= 15 is 0 Å². The first-order valence-electron chi connectivity index (χ1n) is 6.44. The lowest BCUT2D eigenvalue weighted by molar-refractivity contribution is 0.385. The summed E-state index contributed by atoms with van der Waals surface area (Å²) in [7, 11) is 1.43. The van der Waals surface area contributed by atoms with Gasteiger partial charge in [0.05, 0.1) is 0 Å². The molecule has 1 N–H and O–H groups in total. The van der Waals surface area contributed by atoms with Crippen molar-refractivity contribution in [2.24, 2.45) is 0 Å². The van der Waals surface area contributed by atoms with Crippen molar-refractivity contribution in [3.63, 3.8) is 0 Å². The standard InChI is InChI=1S/C13H22FN3O2S/c1-15-9-4-10-16(2)20(18,19)17(3)11-12-5-7-13(14)8-6-12/h5-8,15H,4,9-11H2,1-3H3. The van der Waals surface area contributed by atoms with E-state index in [4.69, 9.17) is 0 Å². The first-order chi connectivity index (χ1) is 9.37. The number of hydrogen-bond acceptors (Lipinski definition) is 3. The average molecular weight is 303 g/mol. The molecule has 114 valence electrons. The van der Waals surface area contributed by atoms with Crippen LogP contribution in [-0.2, 0) is 16.8 Å². The van der Waals surface area contributed by atoms with Gasteiger partial charge in [0.1, 0.15) is 5.82 Å². The van der Waals surface area contributed by atoms with Crippen molar-refractivity contribution in [3.05, 3.63) is 35.6 Å². The van der Waals surface area contributed by atoms with Crippen LogP contribution in [0.4, 0.5) is 4.39 Å². The highest BCUT2D eigenvalue weighted by Gasteiger charge is 2.23. The second-order valence-corrected chi connectivity index (χ2v) is 6.81. The minimum Gasteiger partial charge on any atom is -0.320 e. The van der Waals surface area contributed by atoms with E-state index in [1.54, 1.807) is 19.2 Å². The molecule has 0 saturated heterocycles. The molecule has 7 heteroatoms. The molecule has 0 amide bonds. The van der Waals surface area contributed by atoms with Crippen LogP contribution < -0.4 is 5.32 Å². The highest BCUT2D eigenvalue weighted by atomic mass is 32.2. The van der Waals surface area contributed by atoms with Crippen molar-refractivity contribution >= 4 is 10.2 Å². The number of rotatable bonds is 8. The van der Waals surface area contributed by atoms with Gasteiger partial charge in [-0.2, -0.15) is 17.0 Å². The summed E-state index contributed by atoms with van der Waals surface area (Å²) >= 11 is 0. The maximum Gasteiger partial charge on any atom is 0.281 e. The van der Waals surface area contributed by atoms with Crippen molar-refractivity contribution in [3.8, 4) is 0 Å². The predicted octanol–water partition coefficient (Wildman–Crippen LogP) is 1.04. The van der Waals surface area contributed by atoms with Crippen LogP contribution in [0.1, 0.15) is 12.0 Å². The van der Waals surface area contributed by atoms with Crippen LogP contribution in [0.5, 0.6) is 0 Å². The predicted molar refractivity (Wildman–Crippen MR) is 78.0 cm³/mol. The molecule has 0 fully saturated rings. The van der Waals surface area contributed by atoms with Crippen molar-refractivity contribution in [1.29, 1.82) is 0 Å². The lowest BCUT2D eigenvalue weighted by Gasteiger charge is -2.24. The summed E-state index contributed by atoms with van der Waals surface area (Å²) in [5.41, 5.74) is 0.751. The minimum atomic E-state index is -3.48. The molecule has 1 rings (SSSR count). The van der Waals surface area contributed by atoms with Crippen molar-refractivity contribution in [1.82, 2.24) is 13.9 Å². The van der Waals surface area contributed by atoms with E-state index in [0.29, 0.717) is 6.54 Å². The number of halogens is 1.